The second-order valence-electron chi connectivity index (χ2n) is 9.81. The van der Waals surface area contributed by atoms with Crippen molar-refractivity contribution < 1.29 is 19.1 Å². The van der Waals surface area contributed by atoms with Crippen LogP contribution in [0.4, 0.5) is 4.79 Å². The number of carbonyl (C=O) groups excluding carboxylic acids is 3. The molecule has 0 radical (unpaired) electrons. The summed E-state index contributed by atoms with van der Waals surface area (Å²) in [5, 5.41) is 6.21. The van der Waals surface area contributed by atoms with Crippen LogP contribution in [0.15, 0.2) is 30.3 Å². The average molecular weight is 471 g/mol. The van der Waals surface area contributed by atoms with Gasteiger partial charge in [-0.05, 0) is 50.7 Å². The van der Waals surface area contributed by atoms with E-state index in [4.69, 9.17) is 4.74 Å². The van der Waals surface area contributed by atoms with Crippen LogP contribution in [0.5, 0.6) is 5.75 Å². The van der Waals surface area contributed by atoms with E-state index in [1.807, 2.05) is 35.2 Å². The molecule has 8 heteroatoms. The Morgan fingerprint density at radius 3 is 2.00 bits per heavy atom. The van der Waals surface area contributed by atoms with Crippen LogP contribution in [0.1, 0.15) is 57.8 Å². The van der Waals surface area contributed by atoms with E-state index in [2.05, 4.69) is 10.6 Å². The Morgan fingerprint density at radius 2 is 1.35 bits per heavy atom. The lowest BCUT2D eigenvalue weighted by Crippen LogP contribution is -2.52. The fraction of sp³-hybridized carbons (Fsp3) is 0.654. The highest BCUT2D eigenvalue weighted by atomic mass is 16.5. The van der Waals surface area contributed by atoms with Gasteiger partial charge < -0.3 is 25.2 Å². The third kappa shape index (κ3) is 6.87. The zero-order chi connectivity index (χ0) is 23.8. The van der Waals surface area contributed by atoms with Gasteiger partial charge in [-0.25, -0.2) is 4.79 Å². The first-order chi connectivity index (χ1) is 16.6. The first kappa shape index (κ1) is 24.4. The summed E-state index contributed by atoms with van der Waals surface area (Å²) in [5.41, 5.74) is 0. The van der Waals surface area contributed by atoms with Gasteiger partial charge in [0.15, 0.2) is 6.61 Å². The number of urea groups is 1. The van der Waals surface area contributed by atoms with Crippen LogP contribution in [-0.2, 0) is 9.59 Å². The molecule has 1 aliphatic carbocycles. The second kappa shape index (κ2) is 12.1. The van der Waals surface area contributed by atoms with Crippen LogP contribution in [0.25, 0.3) is 0 Å². The van der Waals surface area contributed by atoms with Crippen LogP contribution in [0.3, 0.4) is 0 Å². The molecule has 0 unspecified atom stereocenters. The minimum atomic E-state index is -0.0649. The van der Waals surface area contributed by atoms with Crippen molar-refractivity contribution in [2.75, 3.05) is 32.8 Å². The Balaban J connectivity index is 1.13. The highest BCUT2D eigenvalue weighted by Crippen LogP contribution is 2.23. The zero-order valence-corrected chi connectivity index (χ0v) is 20.0. The van der Waals surface area contributed by atoms with Gasteiger partial charge in [0, 0.05) is 44.2 Å². The van der Waals surface area contributed by atoms with Crippen molar-refractivity contribution >= 4 is 17.8 Å². The van der Waals surface area contributed by atoms with Crippen LogP contribution >= 0.6 is 0 Å². The lowest BCUT2D eigenvalue weighted by molar-refractivity contribution is -0.142. The van der Waals surface area contributed by atoms with Crippen molar-refractivity contribution in [3.8, 4) is 5.75 Å². The van der Waals surface area contributed by atoms with Gasteiger partial charge in [-0.15, -0.1) is 0 Å². The molecule has 2 saturated heterocycles. The molecule has 1 aromatic carbocycles. The summed E-state index contributed by atoms with van der Waals surface area (Å²) in [6.45, 7) is 2.56. The predicted octanol–water partition coefficient (Wildman–Crippen LogP) is 2.93. The van der Waals surface area contributed by atoms with Crippen LogP contribution in [0.2, 0.25) is 0 Å². The van der Waals surface area contributed by atoms with E-state index in [1.54, 1.807) is 4.90 Å². The summed E-state index contributed by atoms with van der Waals surface area (Å²) in [6, 6.07) is 9.69. The molecule has 0 aromatic heterocycles. The highest BCUT2D eigenvalue weighted by molar-refractivity contribution is 5.81. The van der Waals surface area contributed by atoms with Crippen molar-refractivity contribution in [3.05, 3.63) is 30.3 Å². The molecule has 0 bridgehead atoms. The third-order valence-electron chi connectivity index (χ3n) is 7.38. The predicted molar refractivity (Wildman–Crippen MR) is 129 cm³/mol. The Labute approximate surface area is 202 Å². The standard InChI is InChI=1S/C26H38N4O4/c31-24(19-34-23-9-5-2-6-10-23)29-15-11-20(12-16-29)25(32)30-17-13-22(14-18-30)28-26(33)27-21-7-3-1-4-8-21/h2,5-6,9-10,20-22H,1,3-4,7-8,11-19H2,(H2,27,28,33). The number of amides is 4. The van der Waals surface area contributed by atoms with Gasteiger partial charge in [0.2, 0.25) is 5.91 Å². The molecule has 3 fully saturated rings. The second-order valence-corrected chi connectivity index (χ2v) is 9.81. The number of para-hydroxylation sites is 1. The topological polar surface area (TPSA) is 91.0 Å². The Bertz CT molecular complexity index is 811. The third-order valence-corrected chi connectivity index (χ3v) is 7.38. The van der Waals surface area contributed by atoms with Crippen molar-refractivity contribution in [2.24, 2.45) is 5.92 Å². The van der Waals surface area contributed by atoms with E-state index in [0.717, 1.165) is 25.7 Å². The number of likely N-dealkylation sites (tertiary alicyclic amines) is 2. The lowest BCUT2D eigenvalue weighted by atomic mass is 9.93. The fourth-order valence-corrected chi connectivity index (χ4v) is 5.29. The van der Waals surface area contributed by atoms with Gasteiger partial charge in [0.05, 0.1) is 0 Å². The largest absolute Gasteiger partial charge is 0.484 e. The lowest BCUT2D eigenvalue weighted by Gasteiger charge is -2.37. The van der Waals surface area contributed by atoms with Crippen molar-refractivity contribution in [1.82, 2.24) is 20.4 Å². The van der Waals surface area contributed by atoms with Crippen LogP contribution in [-0.4, -0.2) is 72.5 Å². The van der Waals surface area contributed by atoms with E-state index >= 15 is 0 Å². The zero-order valence-electron chi connectivity index (χ0n) is 20.0. The number of carbonyl (C=O) groups is 3. The summed E-state index contributed by atoms with van der Waals surface area (Å²) in [6.07, 6.45) is 8.77. The molecule has 2 aliphatic heterocycles. The van der Waals surface area contributed by atoms with E-state index in [-0.39, 0.29) is 36.4 Å². The molecule has 1 saturated carbocycles. The molecule has 1 aromatic rings. The molecule has 2 heterocycles. The molecule has 0 atom stereocenters. The number of nitrogens with one attached hydrogen (secondary N) is 2. The molecular weight excluding hydrogens is 432 g/mol. The normalized spacial score (nSPS) is 20.6. The molecule has 2 N–H and O–H groups in total. The maximum atomic E-state index is 13.0. The summed E-state index contributed by atoms with van der Waals surface area (Å²) in [5.74, 6) is 0.814. The first-order valence-corrected chi connectivity index (χ1v) is 12.9. The van der Waals surface area contributed by atoms with Gasteiger partial charge in [0.25, 0.3) is 5.91 Å². The van der Waals surface area contributed by atoms with Crippen molar-refractivity contribution in [2.45, 2.75) is 69.9 Å². The SMILES string of the molecule is O=C(NC1CCCCC1)NC1CCN(C(=O)C2CCN(C(=O)COc3ccccc3)CC2)CC1. The smallest absolute Gasteiger partial charge is 0.315 e. The fourth-order valence-electron chi connectivity index (χ4n) is 5.29. The van der Waals surface area contributed by atoms with E-state index in [9.17, 15) is 14.4 Å². The molecule has 3 aliphatic rings. The molecular formula is C26H38N4O4. The molecule has 34 heavy (non-hydrogen) atoms. The number of benzene rings is 1. The van der Waals surface area contributed by atoms with Crippen molar-refractivity contribution in [3.63, 3.8) is 0 Å². The van der Waals surface area contributed by atoms with Crippen LogP contribution in [0, 0.1) is 5.92 Å². The van der Waals surface area contributed by atoms with Gasteiger partial charge in [-0.3, -0.25) is 9.59 Å². The van der Waals surface area contributed by atoms with Crippen molar-refractivity contribution in [1.29, 1.82) is 0 Å². The average Bonchev–Trinajstić information content (AvgIpc) is 2.88. The van der Waals surface area contributed by atoms with Gasteiger partial charge >= 0.3 is 6.03 Å². The summed E-state index contributed by atoms with van der Waals surface area (Å²) in [4.78, 5) is 41.5. The molecule has 8 nitrogen and oxygen atoms in total. The molecule has 186 valence electrons. The number of ether oxygens (including phenoxy) is 1. The van der Waals surface area contributed by atoms with Gasteiger partial charge in [0.1, 0.15) is 5.75 Å². The minimum absolute atomic E-state index is 0.0253. The number of hydrogen-bond donors (Lipinski definition) is 2. The van der Waals surface area contributed by atoms with Crippen LogP contribution < -0.4 is 15.4 Å². The monoisotopic (exact) mass is 470 g/mol. The first-order valence-electron chi connectivity index (χ1n) is 12.9. The maximum Gasteiger partial charge on any atom is 0.315 e. The summed E-state index contributed by atoms with van der Waals surface area (Å²) in [7, 11) is 0. The number of piperidine rings is 2. The minimum Gasteiger partial charge on any atom is -0.484 e. The number of rotatable bonds is 6. The molecule has 4 rings (SSSR count). The van der Waals surface area contributed by atoms with E-state index < -0.39 is 0 Å². The quantitative estimate of drug-likeness (QED) is 0.669. The summed E-state index contributed by atoms with van der Waals surface area (Å²) < 4.78 is 5.57. The molecule has 4 amide bonds. The maximum absolute atomic E-state index is 13.0. The Kier molecular flexibility index (Phi) is 8.66. The Morgan fingerprint density at radius 1 is 0.765 bits per heavy atom. The Hall–Kier alpha value is -2.77. The van der Waals surface area contributed by atoms with Gasteiger partial charge in [-0.1, -0.05) is 37.5 Å². The highest BCUT2D eigenvalue weighted by Gasteiger charge is 2.32. The summed E-state index contributed by atoms with van der Waals surface area (Å²) >= 11 is 0. The van der Waals surface area contributed by atoms with E-state index in [1.165, 1.54) is 19.3 Å². The van der Waals surface area contributed by atoms with E-state index in [0.29, 0.717) is 50.8 Å². The number of nitrogens with zero attached hydrogens (tertiary/aromatic N) is 2. The van der Waals surface area contributed by atoms with Gasteiger partial charge in [-0.2, -0.15) is 0 Å². The molecule has 0 spiro atoms. The number of hydrogen-bond acceptors (Lipinski definition) is 4.